The van der Waals surface area contributed by atoms with Crippen LogP contribution in [0.2, 0.25) is 0 Å². The maximum absolute atomic E-state index is 15.0. The Hall–Kier alpha value is -3.76. The van der Waals surface area contributed by atoms with Crippen LogP contribution in [0, 0.1) is 19.7 Å². The summed E-state index contributed by atoms with van der Waals surface area (Å²) >= 11 is 0. The van der Waals surface area contributed by atoms with Gasteiger partial charge in [0, 0.05) is 38.7 Å². The molecule has 0 aromatic heterocycles. The summed E-state index contributed by atoms with van der Waals surface area (Å²) < 4.78 is 44.5. The van der Waals surface area contributed by atoms with Crippen LogP contribution in [-0.4, -0.2) is 62.2 Å². The first-order valence-corrected chi connectivity index (χ1v) is 16.5. The first-order chi connectivity index (χ1) is 21.0. The van der Waals surface area contributed by atoms with Crippen molar-refractivity contribution in [3.63, 3.8) is 0 Å². The minimum atomic E-state index is -4.12. The summed E-state index contributed by atoms with van der Waals surface area (Å²) in [6, 6.07) is 19.9. The number of anilines is 1. The standard InChI is InChI=1S/C34H43FN4O4S/c1-25-19-20-26(2)31(21-25)39(44(42,43)37(3)4)24-33(40)38(23-28-15-11-12-18-30(28)35)32(22-27-13-7-5-8-14-27)34(41)36-29-16-9-6-10-17-29/h5,7-8,11-15,18-21,29,32H,6,9-10,16-17,22-24H2,1-4H3,(H,36,41)/t32-/m0/s1. The van der Waals surface area contributed by atoms with E-state index in [-0.39, 0.29) is 30.5 Å². The largest absolute Gasteiger partial charge is 0.352 e. The molecule has 0 bridgehead atoms. The van der Waals surface area contributed by atoms with E-state index < -0.39 is 34.5 Å². The number of halogens is 1. The fraction of sp³-hybridized carbons (Fsp3) is 0.412. The molecule has 3 aromatic rings. The number of aryl methyl sites for hydroxylation is 2. The normalized spacial score (nSPS) is 14.7. The van der Waals surface area contributed by atoms with E-state index in [1.165, 1.54) is 25.1 Å². The van der Waals surface area contributed by atoms with Gasteiger partial charge in [0.1, 0.15) is 18.4 Å². The van der Waals surface area contributed by atoms with E-state index in [1.54, 1.807) is 37.3 Å². The van der Waals surface area contributed by atoms with Crippen molar-refractivity contribution in [3.8, 4) is 0 Å². The van der Waals surface area contributed by atoms with E-state index in [0.717, 1.165) is 51.8 Å². The molecule has 1 fully saturated rings. The average molecular weight is 623 g/mol. The Kier molecular flexibility index (Phi) is 11.2. The summed E-state index contributed by atoms with van der Waals surface area (Å²) in [6.07, 6.45) is 5.04. The number of amides is 2. The van der Waals surface area contributed by atoms with Crippen molar-refractivity contribution in [1.29, 1.82) is 0 Å². The van der Waals surface area contributed by atoms with Crippen LogP contribution in [0.15, 0.2) is 72.8 Å². The van der Waals surface area contributed by atoms with Crippen molar-refractivity contribution >= 4 is 27.7 Å². The van der Waals surface area contributed by atoms with Gasteiger partial charge in [0.2, 0.25) is 11.8 Å². The molecule has 1 atom stereocenters. The smallest absolute Gasteiger partial charge is 0.304 e. The molecule has 0 aliphatic heterocycles. The highest BCUT2D eigenvalue weighted by Gasteiger charge is 2.36. The second-order valence-electron chi connectivity index (χ2n) is 11.7. The molecule has 8 nitrogen and oxygen atoms in total. The Balaban J connectivity index is 1.78. The first kappa shape index (κ1) is 33.1. The summed E-state index contributed by atoms with van der Waals surface area (Å²) in [4.78, 5) is 29.8. The van der Waals surface area contributed by atoms with E-state index in [4.69, 9.17) is 0 Å². The third-order valence-corrected chi connectivity index (χ3v) is 9.98. The van der Waals surface area contributed by atoms with Crippen molar-refractivity contribution in [2.75, 3.05) is 24.9 Å². The minimum Gasteiger partial charge on any atom is -0.352 e. The van der Waals surface area contributed by atoms with Crippen LogP contribution in [-0.2, 0) is 32.8 Å². The molecule has 44 heavy (non-hydrogen) atoms. The van der Waals surface area contributed by atoms with Crippen molar-refractivity contribution in [3.05, 3.63) is 101 Å². The molecule has 1 saturated carbocycles. The summed E-state index contributed by atoms with van der Waals surface area (Å²) in [6.45, 7) is 2.86. The van der Waals surface area contributed by atoms with Crippen LogP contribution >= 0.6 is 0 Å². The van der Waals surface area contributed by atoms with E-state index in [2.05, 4.69) is 5.32 Å². The molecule has 1 aliphatic carbocycles. The molecule has 2 amide bonds. The molecule has 0 heterocycles. The monoisotopic (exact) mass is 622 g/mol. The fourth-order valence-electron chi connectivity index (χ4n) is 5.60. The van der Waals surface area contributed by atoms with Gasteiger partial charge in [-0.25, -0.2) is 8.70 Å². The lowest BCUT2D eigenvalue weighted by atomic mass is 9.94. The Morgan fingerprint density at radius 1 is 0.932 bits per heavy atom. The SMILES string of the molecule is Cc1ccc(C)c(N(CC(=O)N(Cc2ccccc2F)[C@@H](Cc2ccccc2)C(=O)NC2CCCCC2)S(=O)(=O)N(C)C)c1. The van der Waals surface area contributed by atoms with Gasteiger partial charge in [-0.05, 0) is 55.5 Å². The van der Waals surface area contributed by atoms with Gasteiger partial charge in [-0.15, -0.1) is 0 Å². The van der Waals surface area contributed by atoms with Crippen LogP contribution < -0.4 is 9.62 Å². The van der Waals surface area contributed by atoms with Crippen LogP contribution in [0.4, 0.5) is 10.1 Å². The van der Waals surface area contributed by atoms with Crippen LogP contribution in [0.1, 0.15) is 54.4 Å². The quantitative estimate of drug-likeness (QED) is 0.303. The molecule has 236 valence electrons. The Morgan fingerprint density at radius 3 is 2.25 bits per heavy atom. The van der Waals surface area contributed by atoms with E-state index >= 15 is 4.39 Å². The van der Waals surface area contributed by atoms with Crippen LogP contribution in [0.25, 0.3) is 0 Å². The van der Waals surface area contributed by atoms with E-state index in [9.17, 15) is 18.0 Å². The first-order valence-electron chi connectivity index (χ1n) is 15.1. The molecule has 0 spiro atoms. The molecule has 4 rings (SSSR count). The number of hydrogen-bond donors (Lipinski definition) is 1. The second kappa shape index (κ2) is 14.8. The van der Waals surface area contributed by atoms with Crippen LogP contribution in [0.3, 0.4) is 0 Å². The highest BCUT2D eigenvalue weighted by Crippen LogP contribution is 2.27. The van der Waals surface area contributed by atoms with Gasteiger partial charge in [0.05, 0.1) is 5.69 Å². The van der Waals surface area contributed by atoms with Crippen molar-refractivity contribution in [2.24, 2.45) is 0 Å². The zero-order chi connectivity index (χ0) is 31.9. The Labute approximate surface area is 261 Å². The molecule has 10 heteroatoms. The number of rotatable bonds is 12. The molecule has 1 N–H and O–H groups in total. The molecule has 0 radical (unpaired) electrons. The zero-order valence-corrected chi connectivity index (χ0v) is 26.8. The zero-order valence-electron chi connectivity index (χ0n) is 26.0. The number of benzene rings is 3. The van der Waals surface area contributed by atoms with E-state index in [0.29, 0.717) is 11.3 Å². The predicted molar refractivity (Wildman–Crippen MR) is 172 cm³/mol. The number of hydrogen-bond acceptors (Lipinski definition) is 4. The van der Waals surface area contributed by atoms with Crippen LogP contribution in [0.5, 0.6) is 0 Å². The van der Waals surface area contributed by atoms with Gasteiger partial charge < -0.3 is 10.2 Å². The topological polar surface area (TPSA) is 90.0 Å². The summed E-state index contributed by atoms with van der Waals surface area (Å²) in [7, 11) is -1.31. The molecule has 1 aliphatic rings. The lowest BCUT2D eigenvalue weighted by molar-refractivity contribution is -0.140. The third-order valence-electron chi connectivity index (χ3n) is 8.17. The van der Waals surface area contributed by atoms with Gasteiger partial charge >= 0.3 is 10.2 Å². The van der Waals surface area contributed by atoms with E-state index in [1.807, 2.05) is 43.3 Å². The molecular formula is C34H43FN4O4S. The van der Waals surface area contributed by atoms with Gasteiger partial charge in [0.25, 0.3) is 0 Å². The maximum atomic E-state index is 15.0. The predicted octanol–water partition coefficient (Wildman–Crippen LogP) is 5.14. The number of nitrogens with one attached hydrogen (secondary N) is 1. The highest BCUT2D eigenvalue weighted by atomic mass is 32.2. The molecule has 0 unspecified atom stereocenters. The van der Waals surface area contributed by atoms with Gasteiger partial charge in [-0.1, -0.05) is 79.9 Å². The van der Waals surface area contributed by atoms with Gasteiger partial charge in [0.15, 0.2) is 0 Å². The summed E-state index contributed by atoms with van der Waals surface area (Å²) in [5, 5.41) is 3.16. The summed E-state index contributed by atoms with van der Waals surface area (Å²) in [5.74, 6) is -1.46. The number of carbonyl (C=O) groups is 2. The number of carbonyl (C=O) groups excluding carboxylic acids is 2. The Bertz CT molecular complexity index is 1540. The highest BCUT2D eigenvalue weighted by molar-refractivity contribution is 7.90. The lowest BCUT2D eigenvalue weighted by Crippen LogP contribution is -2.55. The average Bonchev–Trinajstić information content (AvgIpc) is 3.00. The Morgan fingerprint density at radius 2 is 1.59 bits per heavy atom. The third kappa shape index (κ3) is 8.24. The molecular weight excluding hydrogens is 579 g/mol. The van der Waals surface area contributed by atoms with Crippen molar-refractivity contribution in [1.82, 2.24) is 14.5 Å². The molecule has 3 aromatic carbocycles. The van der Waals surface area contributed by atoms with Crippen molar-refractivity contribution < 1.29 is 22.4 Å². The van der Waals surface area contributed by atoms with Crippen molar-refractivity contribution in [2.45, 2.75) is 71.0 Å². The summed E-state index contributed by atoms with van der Waals surface area (Å²) in [5.41, 5.74) is 2.93. The fourth-order valence-corrected chi connectivity index (χ4v) is 6.71. The number of nitrogens with zero attached hydrogens (tertiary/aromatic N) is 3. The van der Waals surface area contributed by atoms with Gasteiger partial charge in [-0.3, -0.25) is 9.59 Å². The van der Waals surface area contributed by atoms with Gasteiger partial charge in [-0.2, -0.15) is 12.7 Å². The lowest BCUT2D eigenvalue weighted by Gasteiger charge is -2.36. The maximum Gasteiger partial charge on any atom is 0.304 e. The minimum absolute atomic E-state index is 0.0134. The molecule has 0 saturated heterocycles. The second-order valence-corrected chi connectivity index (χ2v) is 13.8.